The highest BCUT2D eigenvalue weighted by atomic mass is 16.5. The maximum Gasteiger partial charge on any atom is 0.338 e. The van der Waals surface area contributed by atoms with Gasteiger partial charge in [0.15, 0.2) is 5.78 Å². The zero-order chi connectivity index (χ0) is 12.8. The minimum Gasteiger partial charge on any atom is -0.458 e. The van der Waals surface area contributed by atoms with Crippen molar-refractivity contribution < 1.29 is 14.3 Å². The molecule has 88 valence electrons. The average Bonchev–Trinajstić information content (AvgIpc) is 2.29. The van der Waals surface area contributed by atoms with Crippen LogP contribution in [0, 0.1) is 12.3 Å². The zero-order valence-electron chi connectivity index (χ0n) is 9.90. The maximum absolute atomic E-state index is 11.6. The van der Waals surface area contributed by atoms with Gasteiger partial charge in [-0.15, -0.1) is 12.3 Å². The summed E-state index contributed by atoms with van der Waals surface area (Å²) in [4.78, 5) is 22.7. The SMILES string of the molecule is C#CC[C@H](C)OC(=O)c1ccc(C(C)=O)cc1. The van der Waals surface area contributed by atoms with Crippen molar-refractivity contribution in [1.82, 2.24) is 0 Å². The van der Waals surface area contributed by atoms with Gasteiger partial charge in [-0.25, -0.2) is 4.79 Å². The molecule has 3 heteroatoms. The third kappa shape index (κ3) is 3.76. The fourth-order valence-electron chi connectivity index (χ4n) is 1.30. The van der Waals surface area contributed by atoms with E-state index in [9.17, 15) is 9.59 Å². The molecule has 0 fully saturated rings. The van der Waals surface area contributed by atoms with Crippen LogP contribution in [0.15, 0.2) is 24.3 Å². The summed E-state index contributed by atoms with van der Waals surface area (Å²) in [6.07, 6.45) is 5.20. The molecule has 0 aromatic heterocycles. The van der Waals surface area contributed by atoms with Crippen molar-refractivity contribution in [3.05, 3.63) is 35.4 Å². The fraction of sp³-hybridized carbons (Fsp3) is 0.286. The predicted octanol–water partition coefficient (Wildman–Crippen LogP) is 2.46. The lowest BCUT2D eigenvalue weighted by Crippen LogP contribution is -2.14. The van der Waals surface area contributed by atoms with Crippen LogP contribution < -0.4 is 0 Å². The Balaban J connectivity index is 2.70. The number of hydrogen-bond donors (Lipinski definition) is 0. The number of carbonyl (C=O) groups is 2. The molecule has 0 bridgehead atoms. The molecule has 0 aliphatic rings. The second-order valence-corrected chi connectivity index (χ2v) is 3.76. The summed E-state index contributed by atoms with van der Waals surface area (Å²) >= 11 is 0. The van der Waals surface area contributed by atoms with Gasteiger partial charge in [0, 0.05) is 12.0 Å². The number of benzene rings is 1. The molecule has 0 aliphatic heterocycles. The van der Waals surface area contributed by atoms with E-state index in [-0.39, 0.29) is 11.9 Å². The van der Waals surface area contributed by atoms with Gasteiger partial charge in [-0.2, -0.15) is 0 Å². The van der Waals surface area contributed by atoms with E-state index in [2.05, 4.69) is 5.92 Å². The number of carbonyl (C=O) groups excluding carboxylic acids is 2. The van der Waals surface area contributed by atoms with Crippen LogP contribution in [-0.2, 0) is 4.74 Å². The lowest BCUT2D eigenvalue weighted by Gasteiger charge is -2.10. The summed E-state index contributed by atoms with van der Waals surface area (Å²) in [5, 5.41) is 0. The van der Waals surface area contributed by atoms with Crippen LogP contribution in [-0.4, -0.2) is 17.9 Å². The van der Waals surface area contributed by atoms with Crippen LogP contribution in [0.5, 0.6) is 0 Å². The third-order valence-corrected chi connectivity index (χ3v) is 2.24. The molecule has 0 heterocycles. The summed E-state index contributed by atoms with van der Waals surface area (Å²) in [6, 6.07) is 6.35. The van der Waals surface area contributed by atoms with Gasteiger partial charge in [-0.3, -0.25) is 4.79 Å². The molecule has 1 atom stereocenters. The second-order valence-electron chi connectivity index (χ2n) is 3.76. The number of hydrogen-bond acceptors (Lipinski definition) is 3. The van der Waals surface area contributed by atoms with Gasteiger partial charge in [0.25, 0.3) is 0 Å². The monoisotopic (exact) mass is 230 g/mol. The highest BCUT2D eigenvalue weighted by molar-refractivity contribution is 5.96. The Labute approximate surface area is 101 Å². The number of Topliss-reactive ketones (excluding diaryl/α,β-unsaturated/α-hetero) is 1. The smallest absolute Gasteiger partial charge is 0.338 e. The van der Waals surface area contributed by atoms with Gasteiger partial charge in [-0.1, -0.05) is 12.1 Å². The lowest BCUT2D eigenvalue weighted by molar-refractivity contribution is 0.0352. The molecule has 0 spiro atoms. The Morgan fingerprint density at radius 1 is 1.29 bits per heavy atom. The molecule has 0 saturated heterocycles. The van der Waals surface area contributed by atoms with Crippen molar-refractivity contribution >= 4 is 11.8 Å². The Morgan fingerprint density at radius 2 is 1.82 bits per heavy atom. The van der Waals surface area contributed by atoms with Gasteiger partial charge in [-0.05, 0) is 26.0 Å². The average molecular weight is 230 g/mol. The number of terminal acetylenes is 1. The van der Waals surface area contributed by atoms with E-state index in [4.69, 9.17) is 11.2 Å². The fourth-order valence-corrected chi connectivity index (χ4v) is 1.30. The van der Waals surface area contributed by atoms with Gasteiger partial charge in [0.2, 0.25) is 0 Å². The first kappa shape index (κ1) is 13.0. The van der Waals surface area contributed by atoms with Crippen LogP contribution >= 0.6 is 0 Å². The van der Waals surface area contributed by atoms with Crippen molar-refractivity contribution in [1.29, 1.82) is 0 Å². The standard InChI is InChI=1S/C14H14O3/c1-4-5-10(2)17-14(16)13-8-6-12(7-9-13)11(3)15/h1,6-10H,5H2,2-3H3/t10-/m0/s1. The van der Waals surface area contributed by atoms with Crippen LogP contribution in [0.1, 0.15) is 41.0 Å². The molecule has 3 nitrogen and oxygen atoms in total. The van der Waals surface area contributed by atoms with E-state index in [0.717, 1.165) is 0 Å². The quantitative estimate of drug-likeness (QED) is 0.453. The largest absolute Gasteiger partial charge is 0.458 e. The molecular formula is C14H14O3. The first-order valence-corrected chi connectivity index (χ1v) is 5.30. The van der Waals surface area contributed by atoms with Gasteiger partial charge in [0.1, 0.15) is 6.10 Å². The number of esters is 1. The maximum atomic E-state index is 11.6. The summed E-state index contributed by atoms with van der Waals surface area (Å²) in [6.45, 7) is 3.21. The Hall–Kier alpha value is -2.08. The van der Waals surface area contributed by atoms with E-state index in [1.807, 2.05) is 0 Å². The predicted molar refractivity (Wildman–Crippen MR) is 64.8 cm³/mol. The molecule has 0 saturated carbocycles. The molecule has 17 heavy (non-hydrogen) atoms. The minimum atomic E-state index is -0.428. The molecule has 0 unspecified atom stereocenters. The van der Waals surface area contributed by atoms with E-state index >= 15 is 0 Å². The van der Waals surface area contributed by atoms with E-state index in [1.54, 1.807) is 31.2 Å². The summed E-state index contributed by atoms with van der Waals surface area (Å²) in [7, 11) is 0. The molecule has 1 aromatic rings. The minimum absolute atomic E-state index is 0.0365. The van der Waals surface area contributed by atoms with Crippen molar-refractivity contribution in [3.8, 4) is 12.3 Å². The molecule has 0 amide bonds. The summed E-state index contributed by atoms with van der Waals surface area (Å²) in [5.41, 5.74) is 0.983. The molecule has 0 aliphatic carbocycles. The van der Waals surface area contributed by atoms with Gasteiger partial charge in [0.05, 0.1) is 5.56 Å². The van der Waals surface area contributed by atoms with Gasteiger partial charge < -0.3 is 4.74 Å². The normalized spacial score (nSPS) is 11.4. The number of ether oxygens (including phenoxy) is 1. The van der Waals surface area contributed by atoms with Crippen molar-refractivity contribution in [2.24, 2.45) is 0 Å². The molecule has 1 aromatic carbocycles. The number of rotatable bonds is 4. The molecular weight excluding hydrogens is 216 g/mol. The summed E-state index contributed by atoms with van der Waals surface area (Å²) < 4.78 is 5.11. The second kappa shape index (κ2) is 5.86. The van der Waals surface area contributed by atoms with Crippen LogP contribution in [0.4, 0.5) is 0 Å². The summed E-state index contributed by atoms with van der Waals surface area (Å²) in [5.74, 6) is 1.96. The van der Waals surface area contributed by atoms with Crippen LogP contribution in [0.25, 0.3) is 0 Å². The Morgan fingerprint density at radius 3 is 2.29 bits per heavy atom. The highest BCUT2D eigenvalue weighted by Gasteiger charge is 2.11. The van der Waals surface area contributed by atoms with Crippen LogP contribution in [0.2, 0.25) is 0 Å². The van der Waals surface area contributed by atoms with E-state index in [0.29, 0.717) is 17.5 Å². The Kier molecular flexibility index (Phi) is 4.47. The van der Waals surface area contributed by atoms with Crippen LogP contribution in [0.3, 0.4) is 0 Å². The van der Waals surface area contributed by atoms with Crippen molar-refractivity contribution in [3.63, 3.8) is 0 Å². The zero-order valence-corrected chi connectivity index (χ0v) is 9.90. The first-order valence-electron chi connectivity index (χ1n) is 5.30. The molecule has 1 rings (SSSR count). The van der Waals surface area contributed by atoms with Crippen molar-refractivity contribution in [2.75, 3.05) is 0 Å². The Bertz CT molecular complexity index is 451. The van der Waals surface area contributed by atoms with Crippen molar-refractivity contribution in [2.45, 2.75) is 26.4 Å². The van der Waals surface area contributed by atoms with E-state index < -0.39 is 5.97 Å². The lowest BCUT2D eigenvalue weighted by atomic mass is 10.1. The van der Waals surface area contributed by atoms with E-state index in [1.165, 1.54) is 6.92 Å². The first-order chi connectivity index (χ1) is 8.04. The van der Waals surface area contributed by atoms with Gasteiger partial charge >= 0.3 is 5.97 Å². The molecule has 0 radical (unpaired) electrons. The highest BCUT2D eigenvalue weighted by Crippen LogP contribution is 2.08. The third-order valence-electron chi connectivity index (χ3n) is 2.24. The topological polar surface area (TPSA) is 43.4 Å². The number of ketones is 1. The molecule has 0 N–H and O–H groups in total.